The number of sulfone groups is 1. The fraction of sp³-hybridized carbons (Fsp3) is 0.588. The molecular formula is C17H24FNO3S. The van der Waals surface area contributed by atoms with Gasteiger partial charge in [-0.3, -0.25) is 4.79 Å². The van der Waals surface area contributed by atoms with Gasteiger partial charge in [0.25, 0.3) is 0 Å². The molecule has 1 atom stereocenters. The smallest absolute Gasteiger partial charge is 0.238 e. The highest BCUT2D eigenvalue weighted by atomic mass is 32.2. The van der Waals surface area contributed by atoms with Crippen LogP contribution in [-0.4, -0.2) is 26.1 Å². The van der Waals surface area contributed by atoms with Crippen molar-refractivity contribution in [1.29, 1.82) is 0 Å². The normalized spacial score (nSPS) is 17.7. The highest BCUT2D eigenvalue weighted by molar-refractivity contribution is 7.92. The van der Waals surface area contributed by atoms with Crippen molar-refractivity contribution in [2.75, 3.05) is 6.54 Å². The number of hydrogen-bond acceptors (Lipinski definition) is 3. The lowest BCUT2D eigenvalue weighted by atomic mass is 9.89. The summed E-state index contributed by atoms with van der Waals surface area (Å²) in [6.07, 6.45) is 5.76. The van der Waals surface area contributed by atoms with E-state index >= 15 is 0 Å². The molecule has 1 amide bonds. The molecule has 1 aromatic rings. The Morgan fingerprint density at radius 1 is 1.30 bits per heavy atom. The Morgan fingerprint density at radius 2 is 2.00 bits per heavy atom. The number of amides is 1. The molecule has 1 unspecified atom stereocenters. The second kappa shape index (κ2) is 7.90. The number of carbonyl (C=O) groups is 1. The minimum Gasteiger partial charge on any atom is -0.355 e. The Bertz CT molecular complexity index is 639. The molecule has 0 bridgehead atoms. The number of benzene rings is 1. The summed E-state index contributed by atoms with van der Waals surface area (Å²) in [6.45, 7) is 1.93. The summed E-state index contributed by atoms with van der Waals surface area (Å²) in [4.78, 5) is 12.1. The molecule has 1 N–H and O–H groups in total. The summed E-state index contributed by atoms with van der Waals surface area (Å²) in [6, 6.07) is 5.46. The summed E-state index contributed by atoms with van der Waals surface area (Å²) in [5.41, 5.74) is 0.358. The molecule has 1 saturated carbocycles. The molecular weight excluding hydrogens is 317 g/mol. The van der Waals surface area contributed by atoms with Gasteiger partial charge in [-0.1, -0.05) is 31.4 Å². The lowest BCUT2D eigenvalue weighted by molar-refractivity contribution is -0.120. The summed E-state index contributed by atoms with van der Waals surface area (Å²) in [5.74, 6) is -0.826. The van der Waals surface area contributed by atoms with Crippen molar-refractivity contribution < 1.29 is 17.6 Å². The predicted molar refractivity (Wildman–Crippen MR) is 88.1 cm³/mol. The third-order valence-electron chi connectivity index (χ3n) is 4.45. The van der Waals surface area contributed by atoms with Crippen molar-refractivity contribution in [2.24, 2.45) is 5.92 Å². The minimum atomic E-state index is -3.66. The van der Waals surface area contributed by atoms with E-state index in [0.717, 1.165) is 12.8 Å². The van der Waals surface area contributed by atoms with Crippen LogP contribution >= 0.6 is 0 Å². The zero-order valence-electron chi connectivity index (χ0n) is 13.4. The Morgan fingerprint density at radius 3 is 2.65 bits per heavy atom. The van der Waals surface area contributed by atoms with Crippen LogP contribution < -0.4 is 5.32 Å². The van der Waals surface area contributed by atoms with Gasteiger partial charge in [-0.2, -0.15) is 0 Å². The molecule has 0 spiro atoms. The van der Waals surface area contributed by atoms with E-state index in [1.807, 2.05) is 0 Å². The summed E-state index contributed by atoms with van der Waals surface area (Å²) >= 11 is 0. The first-order chi connectivity index (χ1) is 10.9. The molecule has 23 heavy (non-hydrogen) atoms. The van der Waals surface area contributed by atoms with Crippen LogP contribution in [0.15, 0.2) is 24.3 Å². The SMILES string of the molecule is CC(C(=O)NCC1CCCCC1)S(=O)(=O)Cc1cccc(F)c1. The van der Waals surface area contributed by atoms with Crippen LogP contribution in [0, 0.1) is 11.7 Å². The maximum atomic E-state index is 13.2. The van der Waals surface area contributed by atoms with Crippen LogP contribution in [0.2, 0.25) is 0 Å². The van der Waals surface area contributed by atoms with Crippen molar-refractivity contribution in [3.8, 4) is 0 Å². The number of rotatable bonds is 6. The van der Waals surface area contributed by atoms with Gasteiger partial charge in [0.15, 0.2) is 9.84 Å². The lowest BCUT2D eigenvalue weighted by Gasteiger charge is -2.22. The lowest BCUT2D eigenvalue weighted by Crippen LogP contribution is -2.40. The van der Waals surface area contributed by atoms with E-state index in [1.165, 1.54) is 44.4 Å². The maximum Gasteiger partial charge on any atom is 0.238 e. The van der Waals surface area contributed by atoms with Gasteiger partial charge in [0.1, 0.15) is 11.1 Å². The average molecular weight is 341 g/mol. The topological polar surface area (TPSA) is 63.2 Å². The average Bonchev–Trinajstić information content (AvgIpc) is 2.52. The van der Waals surface area contributed by atoms with E-state index in [1.54, 1.807) is 6.07 Å². The summed E-state index contributed by atoms with van der Waals surface area (Å²) in [7, 11) is -3.66. The van der Waals surface area contributed by atoms with Crippen LogP contribution in [0.1, 0.15) is 44.6 Å². The second-order valence-electron chi connectivity index (χ2n) is 6.33. The van der Waals surface area contributed by atoms with Crippen molar-refractivity contribution in [1.82, 2.24) is 5.32 Å². The fourth-order valence-corrected chi connectivity index (χ4v) is 4.23. The zero-order chi connectivity index (χ0) is 16.9. The highest BCUT2D eigenvalue weighted by Gasteiger charge is 2.28. The molecule has 1 aliphatic rings. The Hall–Kier alpha value is -1.43. The Balaban J connectivity index is 1.91. The molecule has 1 fully saturated rings. The molecule has 1 aromatic carbocycles. The van der Waals surface area contributed by atoms with E-state index in [9.17, 15) is 17.6 Å². The van der Waals surface area contributed by atoms with Crippen LogP contribution in [0.4, 0.5) is 4.39 Å². The zero-order valence-corrected chi connectivity index (χ0v) is 14.2. The van der Waals surface area contributed by atoms with Crippen molar-refractivity contribution in [2.45, 2.75) is 50.0 Å². The highest BCUT2D eigenvalue weighted by Crippen LogP contribution is 2.23. The first kappa shape index (κ1) is 17.9. The van der Waals surface area contributed by atoms with E-state index in [2.05, 4.69) is 5.32 Å². The Labute approximate surface area is 137 Å². The van der Waals surface area contributed by atoms with Gasteiger partial charge in [-0.05, 0) is 43.4 Å². The molecule has 2 rings (SSSR count). The van der Waals surface area contributed by atoms with Gasteiger partial charge < -0.3 is 5.32 Å². The van der Waals surface area contributed by atoms with Crippen molar-refractivity contribution in [3.63, 3.8) is 0 Å². The van der Waals surface area contributed by atoms with Gasteiger partial charge in [-0.25, -0.2) is 12.8 Å². The monoisotopic (exact) mass is 341 g/mol. The van der Waals surface area contributed by atoms with Gasteiger partial charge in [0.05, 0.1) is 5.75 Å². The van der Waals surface area contributed by atoms with E-state index in [4.69, 9.17) is 0 Å². The maximum absolute atomic E-state index is 13.2. The molecule has 0 aromatic heterocycles. The van der Waals surface area contributed by atoms with Crippen molar-refractivity contribution in [3.05, 3.63) is 35.6 Å². The molecule has 0 radical (unpaired) electrons. The molecule has 0 saturated heterocycles. The second-order valence-corrected chi connectivity index (χ2v) is 8.65. The van der Waals surface area contributed by atoms with Crippen LogP contribution in [0.25, 0.3) is 0 Å². The van der Waals surface area contributed by atoms with Crippen LogP contribution in [0.3, 0.4) is 0 Å². The molecule has 128 valence electrons. The number of nitrogens with one attached hydrogen (secondary N) is 1. The number of hydrogen-bond donors (Lipinski definition) is 1. The van der Waals surface area contributed by atoms with Crippen LogP contribution in [0.5, 0.6) is 0 Å². The number of carbonyl (C=O) groups excluding carboxylic acids is 1. The minimum absolute atomic E-state index is 0.331. The molecule has 0 aliphatic heterocycles. The number of halogens is 1. The van der Waals surface area contributed by atoms with E-state index in [0.29, 0.717) is 18.0 Å². The largest absolute Gasteiger partial charge is 0.355 e. The van der Waals surface area contributed by atoms with Gasteiger partial charge in [0.2, 0.25) is 5.91 Å². The third kappa shape index (κ3) is 5.30. The van der Waals surface area contributed by atoms with Crippen LogP contribution in [-0.2, 0) is 20.4 Å². The standard InChI is InChI=1S/C17H24FNO3S/c1-13(17(20)19-11-14-6-3-2-4-7-14)23(21,22)12-15-8-5-9-16(18)10-15/h5,8-10,13-14H,2-4,6-7,11-12H2,1H3,(H,19,20). The molecule has 4 nitrogen and oxygen atoms in total. The molecule has 0 heterocycles. The summed E-state index contributed by atoms with van der Waals surface area (Å²) in [5, 5.41) is 1.63. The van der Waals surface area contributed by atoms with Crippen molar-refractivity contribution >= 4 is 15.7 Å². The first-order valence-corrected chi connectivity index (χ1v) is 9.84. The fourth-order valence-electron chi connectivity index (χ4n) is 2.93. The third-order valence-corrected chi connectivity index (χ3v) is 6.48. The molecule has 6 heteroatoms. The van der Waals surface area contributed by atoms with E-state index in [-0.39, 0.29) is 5.75 Å². The Kier molecular flexibility index (Phi) is 6.16. The van der Waals surface area contributed by atoms with Gasteiger partial charge >= 0.3 is 0 Å². The quantitative estimate of drug-likeness (QED) is 0.865. The van der Waals surface area contributed by atoms with Gasteiger partial charge in [-0.15, -0.1) is 0 Å². The predicted octanol–water partition coefficient (Wildman–Crippen LogP) is 2.83. The van der Waals surface area contributed by atoms with Gasteiger partial charge in [0, 0.05) is 6.54 Å². The van der Waals surface area contributed by atoms with E-state index < -0.39 is 26.8 Å². The summed E-state index contributed by atoms with van der Waals surface area (Å²) < 4.78 is 37.8. The first-order valence-electron chi connectivity index (χ1n) is 8.12. The molecule has 1 aliphatic carbocycles.